The maximum atomic E-state index is 11.2. The maximum Gasteiger partial charge on any atom is 0.153 e. The van der Waals surface area contributed by atoms with E-state index in [1.165, 1.54) is 10.9 Å². The van der Waals surface area contributed by atoms with Crippen molar-refractivity contribution in [1.82, 2.24) is 9.78 Å². The van der Waals surface area contributed by atoms with E-state index >= 15 is 0 Å². The van der Waals surface area contributed by atoms with Gasteiger partial charge in [0.25, 0.3) is 0 Å². The number of sulfone groups is 1. The van der Waals surface area contributed by atoms with Gasteiger partial charge in [0.2, 0.25) is 0 Å². The highest BCUT2D eigenvalue weighted by Gasteiger charge is 2.10. The number of hydrogen-bond donors (Lipinski definition) is 0. The number of nitrogens with zero attached hydrogens (tertiary/aromatic N) is 2. The Labute approximate surface area is 89.0 Å². The van der Waals surface area contributed by atoms with Crippen molar-refractivity contribution in [2.45, 2.75) is 20.4 Å². The molecule has 0 saturated carbocycles. The number of hydrogen-bond acceptors (Lipinski definition) is 4. The topological polar surface area (TPSA) is 69.0 Å². The van der Waals surface area contributed by atoms with E-state index in [4.69, 9.17) is 0 Å². The van der Waals surface area contributed by atoms with E-state index in [2.05, 4.69) is 5.10 Å². The first-order valence-electron chi connectivity index (χ1n) is 4.68. The van der Waals surface area contributed by atoms with Gasteiger partial charge in [0.15, 0.2) is 16.1 Å². The van der Waals surface area contributed by atoms with Crippen molar-refractivity contribution in [3.63, 3.8) is 0 Å². The molecule has 0 saturated heterocycles. The van der Waals surface area contributed by atoms with Crippen molar-refractivity contribution in [2.75, 3.05) is 11.5 Å². The van der Waals surface area contributed by atoms with Crippen molar-refractivity contribution >= 4 is 16.1 Å². The molecule has 0 aliphatic carbocycles. The van der Waals surface area contributed by atoms with Crippen LogP contribution in [0.5, 0.6) is 0 Å². The van der Waals surface area contributed by atoms with Crippen LogP contribution < -0.4 is 0 Å². The normalized spacial score (nSPS) is 11.6. The third-order valence-electron chi connectivity index (χ3n) is 2.32. The molecular formula is C9H14N2O3S. The van der Waals surface area contributed by atoms with Crippen molar-refractivity contribution < 1.29 is 13.2 Å². The van der Waals surface area contributed by atoms with Gasteiger partial charge < -0.3 is 0 Å². The summed E-state index contributed by atoms with van der Waals surface area (Å²) in [6.45, 7) is 3.66. The molecule has 0 unspecified atom stereocenters. The molecule has 0 bridgehead atoms. The molecule has 6 heteroatoms. The highest BCUT2D eigenvalue weighted by atomic mass is 32.2. The van der Waals surface area contributed by atoms with Gasteiger partial charge in [-0.25, -0.2) is 8.42 Å². The Kier molecular flexibility index (Phi) is 3.62. The van der Waals surface area contributed by atoms with E-state index in [-0.39, 0.29) is 11.5 Å². The predicted octanol–water partition coefficient (Wildman–Crippen LogP) is 0.439. The largest absolute Gasteiger partial charge is 0.298 e. The Morgan fingerprint density at radius 3 is 2.67 bits per heavy atom. The van der Waals surface area contributed by atoms with E-state index in [1.807, 2.05) is 0 Å². The van der Waals surface area contributed by atoms with Gasteiger partial charge in [-0.3, -0.25) is 9.48 Å². The lowest BCUT2D eigenvalue weighted by Crippen LogP contribution is -2.16. The number of aryl methyl sites for hydroxylation is 1. The molecule has 0 amide bonds. The SMILES string of the molecule is CCS(=O)(=O)CCn1ncc(C=O)c1C. The van der Waals surface area contributed by atoms with Gasteiger partial charge in [0.1, 0.15) is 0 Å². The van der Waals surface area contributed by atoms with E-state index < -0.39 is 9.84 Å². The van der Waals surface area contributed by atoms with Gasteiger partial charge >= 0.3 is 0 Å². The summed E-state index contributed by atoms with van der Waals surface area (Å²) in [6.07, 6.45) is 2.16. The van der Waals surface area contributed by atoms with Crippen LogP contribution in [0.25, 0.3) is 0 Å². The first-order valence-corrected chi connectivity index (χ1v) is 6.50. The van der Waals surface area contributed by atoms with Gasteiger partial charge in [-0.15, -0.1) is 0 Å². The summed E-state index contributed by atoms with van der Waals surface area (Å²) in [5.41, 5.74) is 1.21. The maximum absolute atomic E-state index is 11.2. The minimum absolute atomic E-state index is 0.0598. The second-order valence-electron chi connectivity index (χ2n) is 3.26. The van der Waals surface area contributed by atoms with E-state index in [1.54, 1.807) is 13.8 Å². The summed E-state index contributed by atoms with van der Waals surface area (Å²) in [5, 5.41) is 3.94. The molecule has 0 aliphatic rings. The van der Waals surface area contributed by atoms with Crippen LogP contribution in [0.2, 0.25) is 0 Å². The van der Waals surface area contributed by atoms with Crippen LogP contribution in [0, 0.1) is 6.92 Å². The third-order valence-corrected chi connectivity index (χ3v) is 4.01. The fourth-order valence-electron chi connectivity index (χ4n) is 1.17. The zero-order valence-corrected chi connectivity index (χ0v) is 9.62. The fourth-order valence-corrected chi connectivity index (χ4v) is 1.91. The number of aldehydes is 1. The van der Waals surface area contributed by atoms with Crippen LogP contribution in [0.1, 0.15) is 23.0 Å². The average Bonchev–Trinajstić information content (AvgIpc) is 2.57. The molecule has 0 fully saturated rings. The third kappa shape index (κ3) is 2.89. The van der Waals surface area contributed by atoms with Crippen LogP contribution in [0.4, 0.5) is 0 Å². The molecule has 1 aromatic heterocycles. The summed E-state index contributed by atoms with van der Waals surface area (Å²) in [6, 6.07) is 0. The number of carbonyl (C=O) groups excluding carboxylic acids is 1. The van der Waals surface area contributed by atoms with Crippen molar-refractivity contribution in [3.8, 4) is 0 Å². The standard InChI is InChI=1S/C9H14N2O3S/c1-3-15(13,14)5-4-11-8(2)9(7-12)6-10-11/h6-7H,3-5H2,1-2H3. The fraction of sp³-hybridized carbons (Fsp3) is 0.556. The van der Waals surface area contributed by atoms with E-state index in [0.717, 1.165) is 0 Å². The monoisotopic (exact) mass is 230 g/mol. The number of rotatable bonds is 5. The zero-order valence-electron chi connectivity index (χ0n) is 8.80. The van der Waals surface area contributed by atoms with E-state index in [9.17, 15) is 13.2 Å². The van der Waals surface area contributed by atoms with Crippen LogP contribution >= 0.6 is 0 Å². The molecule has 0 aliphatic heterocycles. The predicted molar refractivity (Wildman–Crippen MR) is 56.7 cm³/mol. The second kappa shape index (κ2) is 4.57. The van der Waals surface area contributed by atoms with Crippen LogP contribution in [-0.2, 0) is 16.4 Å². The number of aromatic nitrogens is 2. The average molecular weight is 230 g/mol. The lowest BCUT2D eigenvalue weighted by Gasteiger charge is -2.04. The first-order chi connectivity index (χ1) is 7.00. The minimum Gasteiger partial charge on any atom is -0.298 e. The summed E-state index contributed by atoms with van der Waals surface area (Å²) < 4.78 is 24.0. The Morgan fingerprint density at radius 2 is 2.20 bits per heavy atom. The van der Waals surface area contributed by atoms with E-state index in [0.29, 0.717) is 24.1 Å². The summed E-state index contributed by atoms with van der Waals surface area (Å²) in [4.78, 5) is 10.5. The van der Waals surface area contributed by atoms with Gasteiger partial charge in [-0.1, -0.05) is 6.92 Å². The second-order valence-corrected chi connectivity index (χ2v) is 5.74. The van der Waals surface area contributed by atoms with Gasteiger partial charge in [-0.05, 0) is 6.92 Å². The molecule has 15 heavy (non-hydrogen) atoms. The Bertz CT molecular complexity index is 448. The Morgan fingerprint density at radius 1 is 1.53 bits per heavy atom. The highest BCUT2D eigenvalue weighted by Crippen LogP contribution is 2.04. The van der Waals surface area contributed by atoms with Gasteiger partial charge in [0, 0.05) is 11.4 Å². The molecule has 0 spiro atoms. The molecule has 1 rings (SSSR count). The lowest BCUT2D eigenvalue weighted by atomic mass is 10.3. The quantitative estimate of drug-likeness (QED) is 0.688. The zero-order chi connectivity index (χ0) is 11.5. The molecule has 0 radical (unpaired) electrons. The van der Waals surface area contributed by atoms with Crippen LogP contribution in [-0.4, -0.2) is 36.0 Å². The molecule has 5 nitrogen and oxygen atoms in total. The molecular weight excluding hydrogens is 216 g/mol. The van der Waals surface area contributed by atoms with Gasteiger partial charge in [-0.2, -0.15) is 5.10 Å². The Balaban J connectivity index is 2.74. The lowest BCUT2D eigenvalue weighted by molar-refractivity contribution is 0.112. The molecule has 0 N–H and O–H groups in total. The van der Waals surface area contributed by atoms with Crippen LogP contribution in [0.3, 0.4) is 0 Å². The highest BCUT2D eigenvalue weighted by molar-refractivity contribution is 7.91. The molecule has 0 aromatic carbocycles. The molecule has 0 atom stereocenters. The van der Waals surface area contributed by atoms with Crippen molar-refractivity contribution in [3.05, 3.63) is 17.5 Å². The number of carbonyl (C=O) groups is 1. The molecule has 1 heterocycles. The van der Waals surface area contributed by atoms with Crippen molar-refractivity contribution in [1.29, 1.82) is 0 Å². The first kappa shape index (κ1) is 11.9. The summed E-state index contributed by atoms with van der Waals surface area (Å²) in [5.74, 6) is 0.193. The molecule has 84 valence electrons. The summed E-state index contributed by atoms with van der Waals surface area (Å²) in [7, 11) is -2.98. The summed E-state index contributed by atoms with van der Waals surface area (Å²) >= 11 is 0. The van der Waals surface area contributed by atoms with Gasteiger partial charge in [0.05, 0.1) is 24.1 Å². The smallest absolute Gasteiger partial charge is 0.153 e. The van der Waals surface area contributed by atoms with Crippen LogP contribution in [0.15, 0.2) is 6.20 Å². The minimum atomic E-state index is -2.98. The Hall–Kier alpha value is -1.17. The van der Waals surface area contributed by atoms with Crippen molar-refractivity contribution in [2.24, 2.45) is 0 Å². The molecule has 1 aromatic rings.